The number of hydrogen-bond donors (Lipinski definition) is 1. The van der Waals surface area contributed by atoms with Gasteiger partial charge in [0.15, 0.2) is 17.3 Å². The lowest BCUT2D eigenvalue weighted by atomic mass is 9.81. The average Bonchev–Trinajstić information content (AvgIpc) is 3.83. The second-order valence-electron chi connectivity index (χ2n) is 16.8. The van der Waals surface area contributed by atoms with Gasteiger partial charge < -0.3 is 10.2 Å². The van der Waals surface area contributed by atoms with Crippen LogP contribution in [0.3, 0.4) is 0 Å². The molecule has 10 heteroatoms. The lowest BCUT2D eigenvalue weighted by Gasteiger charge is -2.37. The predicted octanol–water partition coefficient (Wildman–Crippen LogP) is 6.21. The van der Waals surface area contributed by atoms with E-state index >= 15 is 0 Å². The lowest BCUT2D eigenvalue weighted by Crippen LogP contribution is -2.58. The molecule has 3 aliphatic rings. The number of ketones is 4. The van der Waals surface area contributed by atoms with E-state index in [1.807, 2.05) is 48.5 Å². The fourth-order valence-corrected chi connectivity index (χ4v) is 8.48. The van der Waals surface area contributed by atoms with E-state index in [2.05, 4.69) is 15.3 Å². The third-order valence-electron chi connectivity index (χ3n) is 11.8. The molecule has 2 saturated carbocycles. The van der Waals surface area contributed by atoms with Crippen molar-refractivity contribution in [2.24, 2.45) is 46.8 Å². The molecule has 0 aromatic carbocycles. The van der Waals surface area contributed by atoms with Crippen LogP contribution in [0.4, 0.5) is 0 Å². The molecule has 10 nitrogen and oxygen atoms in total. The molecule has 50 heavy (non-hydrogen) atoms. The Labute approximate surface area is 298 Å². The van der Waals surface area contributed by atoms with Gasteiger partial charge in [0, 0.05) is 50.0 Å². The molecular formula is C40H60N4O6. The molecular weight excluding hydrogens is 632 g/mol. The molecule has 1 saturated heterocycles. The summed E-state index contributed by atoms with van der Waals surface area (Å²) in [5, 5.41) is 3.09. The van der Waals surface area contributed by atoms with E-state index in [0.29, 0.717) is 19.4 Å². The summed E-state index contributed by atoms with van der Waals surface area (Å²) < 4.78 is 0. The molecule has 7 atom stereocenters. The maximum Gasteiger partial charge on any atom is 0.246 e. The Hall–Kier alpha value is -3.30. The van der Waals surface area contributed by atoms with Crippen molar-refractivity contribution in [3.8, 4) is 0 Å². The van der Waals surface area contributed by atoms with Crippen molar-refractivity contribution in [1.82, 2.24) is 20.2 Å². The Kier molecular flexibility index (Phi) is 13.6. The summed E-state index contributed by atoms with van der Waals surface area (Å²) in [6, 6.07) is -1.62. The van der Waals surface area contributed by atoms with Crippen molar-refractivity contribution >= 4 is 34.9 Å². The highest BCUT2D eigenvalue weighted by atomic mass is 16.2. The second kappa shape index (κ2) is 17.3. The molecule has 2 amide bonds. The smallest absolute Gasteiger partial charge is 0.246 e. The van der Waals surface area contributed by atoms with Gasteiger partial charge in [-0.15, -0.1) is 0 Å². The molecule has 2 heterocycles. The van der Waals surface area contributed by atoms with Crippen LogP contribution < -0.4 is 5.32 Å². The van der Waals surface area contributed by atoms with Gasteiger partial charge in [0.25, 0.3) is 0 Å². The molecule has 0 unspecified atom stereocenters. The van der Waals surface area contributed by atoms with Crippen LogP contribution in [-0.4, -0.2) is 68.4 Å². The van der Waals surface area contributed by atoms with Crippen molar-refractivity contribution in [2.45, 2.75) is 138 Å². The zero-order valence-corrected chi connectivity index (χ0v) is 31.4. The molecule has 0 bridgehead atoms. The molecule has 0 radical (unpaired) electrons. The van der Waals surface area contributed by atoms with E-state index in [9.17, 15) is 28.8 Å². The fourth-order valence-electron chi connectivity index (χ4n) is 8.48. The number of Topliss-reactive ketones (excluding diaryl/α,β-unsaturated/α-hetero) is 4. The van der Waals surface area contributed by atoms with Crippen molar-refractivity contribution < 1.29 is 28.8 Å². The summed E-state index contributed by atoms with van der Waals surface area (Å²) in [5.74, 6) is -2.74. The van der Waals surface area contributed by atoms with E-state index in [1.54, 1.807) is 4.90 Å². The third kappa shape index (κ3) is 9.52. The van der Waals surface area contributed by atoms with Gasteiger partial charge in [-0.05, 0) is 67.1 Å². The van der Waals surface area contributed by atoms with E-state index in [1.165, 1.54) is 18.6 Å². The number of carbonyl (C=O) groups is 6. The number of likely N-dealkylation sites (tertiary alicyclic amines) is 1. The molecule has 1 N–H and O–H groups in total. The number of nitrogens with one attached hydrogen (secondary N) is 1. The van der Waals surface area contributed by atoms with Crippen LogP contribution in [0.5, 0.6) is 0 Å². The molecule has 2 aliphatic carbocycles. The standard InChI is InChI=1S/C40H60N4O6/c1-8-12-27(36(48)34(47)19-25(4)24(2)3)20-33(46)35-29-16-11-15-28(29)23-44(35)39(50)37(40(5,6)7)43-38(49)30(26-13-9-10-14-26)21-32(45)31-22-41-17-18-42-31/h17-18,22,24-30,35,37H,8-16,19-21,23H2,1-7H3,(H,43,49)/t25-,27-,28+,29+,30+,35+,37-/m1/s1. The minimum atomic E-state index is -0.924. The van der Waals surface area contributed by atoms with Crippen LogP contribution in [0.1, 0.15) is 136 Å². The Bertz CT molecular complexity index is 1380. The molecule has 0 spiro atoms. The highest BCUT2D eigenvalue weighted by molar-refractivity contribution is 6.38. The summed E-state index contributed by atoms with van der Waals surface area (Å²) in [6.07, 6.45) is 11.9. The zero-order valence-electron chi connectivity index (χ0n) is 31.4. The summed E-state index contributed by atoms with van der Waals surface area (Å²) >= 11 is 0. The summed E-state index contributed by atoms with van der Waals surface area (Å²) in [7, 11) is 0. The average molecular weight is 693 g/mol. The first-order valence-electron chi connectivity index (χ1n) is 19.1. The highest BCUT2D eigenvalue weighted by Gasteiger charge is 2.52. The number of fused-ring (bicyclic) bond motifs is 1. The number of carbonyl (C=O) groups excluding carboxylic acids is 6. The summed E-state index contributed by atoms with van der Waals surface area (Å²) in [6.45, 7) is 14.1. The largest absolute Gasteiger partial charge is 0.344 e. The van der Waals surface area contributed by atoms with Crippen LogP contribution in [0.15, 0.2) is 18.6 Å². The fraction of sp³-hybridized carbons (Fsp3) is 0.750. The number of hydrogen-bond acceptors (Lipinski definition) is 8. The van der Waals surface area contributed by atoms with Crippen LogP contribution in [0.25, 0.3) is 0 Å². The Morgan fingerprint density at radius 2 is 1.62 bits per heavy atom. The molecule has 276 valence electrons. The van der Waals surface area contributed by atoms with Crippen LogP contribution in [0, 0.1) is 46.8 Å². The number of amides is 2. The lowest BCUT2D eigenvalue weighted by molar-refractivity contribution is -0.146. The SMILES string of the molecule is CCC[C@H](CC(=O)[C@@H]1[C@H]2CCC[C@H]2CN1C(=O)[C@@H](NC(=O)[C@@H](CC(=O)c1cnccn1)C1CCCC1)C(C)(C)C)C(=O)C(=O)C[C@@H](C)C(C)C. The predicted molar refractivity (Wildman–Crippen MR) is 191 cm³/mol. The van der Waals surface area contributed by atoms with E-state index < -0.39 is 40.9 Å². The van der Waals surface area contributed by atoms with Crippen LogP contribution >= 0.6 is 0 Å². The number of rotatable bonds is 17. The van der Waals surface area contributed by atoms with Crippen molar-refractivity contribution in [3.63, 3.8) is 0 Å². The summed E-state index contributed by atoms with van der Waals surface area (Å²) in [4.78, 5) is 92.6. The topological polar surface area (TPSA) is 143 Å². The molecule has 1 aromatic rings. The Morgan fingerprint density at radius 1 is 0.920 bits per heavy atom. The van der Waals surface area contributed by atoms with Gasteiger partial charge in [-0.1, -0.05) is 74.1 Å². The van der Waals surface area contributed by atoms with Gasteiger partial charge in [-0.2, -0.15) is 0 Å². The minimum Gasteiger partial charge on any atom is -0.344 e. The van der Waals surface area contributed by atoms with Crippen molar-refractivity contribution in [1.29, 1.82) is 0 Å². The van der Waals surface area contributed by atoms with Crippen molar-refractivity contribution in [3.05, 3.63) is 24.3 Å². The normalized spacial score (nSPS) is 23.3. The highest BCUT2D eigenvalue weighted by Crippen LogP contribution is 2.44. The first kappa shape index (κ1) is 39.5. The number of aromatic nitrogens is 2. The molecule has 3 fully saturated rings. The van der Waals surface area contributed by atoms with Gasteiger partial charge >= 0.3 is 0 Å². The number of nitrogens with zero attached hydrogens (tertiary/aromatic N) is 3. The molecule has 4 rings (SSSR count). The Morgan fingerprint density at radius 3 is 2.22 bits per heavy atom. The monoisotopic (exact) mass is 692 g/mol. The first-order chi connectivity index (χ1) is 23.6. The summed E-state index contributed by atoms with van der Waals surface area (Å²) in [5.41, 5.74) is -0.472. The molecule has 1 aromatic heterocycles. The molecule has 1 aliphatic heterocycles. The van der Waals surface area contributed by atoms with E-state index in [-0.39, 0.29) is 77.9 Å². The van der Waals surface area contributed by atoms with Crippen LogP contribution in [0.2, 0.25) is 0 Å². The van der Waals surface area contributed by atoms with Gasteiger partial charge in [0.1, 0.15) is 11.7 Å². The van der Waals surface area contributed by atoms with E-state index in [4.69, 9.17) is 0 Å². The van der Waals surface area contributed by atoms with Gasteiger partial charge in [0.2, 0.25) is 17.6 Å². The second-order valence-corrected chi connectivity index (χ2v) is 16.8. The van der Waals surface area contributed by atoms with Crippen molar-refractivity contribution in [2.75, 3.05) is 6.54 Å². The quantitative estimate of drug-likeness (QED) is 0.150. The maximum absolute atomic E-state index is 14.7. The van der Waals surface area contributed by atoms with Gasteiger partial charge in [-0.25, -0.2) is 4.98 Å². The van der Waals surface area contributed by atoms with Gasteiger partial charge in [-0.3, -0.25) is 33.8 Å². The van der Waals surface area contributed by atoms with E-state index in [0.717, 1.165) is 44.9 Å². The Balaban J connectivity index is 1.56. The zero-order chi connectivity index (χ0) is 36.7. The first-order valence-corrected chi connectivity index (χ1v) is 19.1. The van der Waals surface area contributed by atoms with Crippen LogP contribution in [-0.2, 0) is 24.0 Å². The van der Waals surface area contributed by atoms with Gasteiger partial charge in [0.05, 0.1) is 12.2 Å². The maximum atomic E-state index is 14.7. The third-order valence-corrected chi connectivity index (χ3v) is 11.8. The minimum absolute atomic E-state index is 0.00680.